The van der Waals surface area contributed by atoms with Crippen LogP contribution in [-0.4, -0.2) is 46.6 Å². The number of pyridine rings is 1. The largest absolute Gasteiger partial charge is 0.396 e. The van der Waals surface area contributed by atoms with Crippen LogP contribution in [0.1, 0.15) is 43.0 Å². The van der Waals surface area contributed by atoms with Gasteiger partial charge >= 0.3 is 0 Å². The third-order valence-electron chi connectivity index (χ3n) is 3.80. The topological polar surface area (TPSA) is 65.5 Å². The van der Waals surface area contributed by atoms with Gasteiger partial charge in [-0.1, -0.05) is 0 Å². The molecule has 21 heavy (non-hydrogen) atoms. The van der Waals surface area contributed by atoms with E-state index in [9.17, 15) is 9.18 Å². The number of halogens is 1. The minimum atomic E-state index is -0.586. The first-order valence-corrected chi connectivity index (χ1v) is 7.49. The lowest BCUT2D eigenvalue weighted by Gasteiger charge is -2.25. The molecule has 1 unspecified atom stereocenters. The van der Waals surface area contributed by atoms with Gasteiger partial charge in [0.05, 0.1) is 5.56 Å². The van der Waals surface area contributed by atoms with Crippen LogP contribution in [0.5, 0.6) is 0 Å². The molecule has 1 aliphatic rings. The molecule has 1 fully saturated rings. The minimum Gasteiger partial charge on any atom is -0.396 e. The van der Waals surface area contributed by atoms with Crippen molar-refractivity contribution in [1.82, 2.24) is 9.88 Å². The van der Waals surface area contributed by atoms with Gasteiger partial charge in [-0.25, -0.2) is 9.37 Å². The van der Waals surface area contributed by atoms with Gasteiger partial charge in [0.2, 0.25) is 0 Å². The summed E-state index contributed by atoms with van der Waals surface area (Å²) in [5, 5.41) is 11.7. The third kappa shape index (κ3) is 3.50. The molecule has 0 saturated carbocycles. The highest BCUT2D eigenvalue weighted by Crippen LogP contribution is 2.25. The highest BCUT2D eigenvalue weighted by Gasteiger charge is 2.30. The van der Waals surface area contributed by atoms with Gasteiger partial charge in [-0.05, 0) is 38.7 Å². The van der Waals surface area contributed by atoms with Crippen molar-refractivity contribution in [1.29, 1.82) is 0 Å². The van der Waals surface area contributed by atoms with Crippen molar-refractivity contribution in [2.24, 2.45) is 0 Å². The van der Waals surface area contributed by atoms with Gasteiger partial charge in [0.25, 0.3) is 5.91 Å². The zero-order valence-electron chi connectivity index (χ0n) is 12.3. The molecule has 0 bridgehead atoms. The van der Waals surface area contributed by atoms with E-state index in [1.807, 2.05) is 6.92 Å². The number of amides is 1. The van der Waals surface area contributed by atoms with E-state index in [1.54, 1.807) is 4.90 Å². The lowest BCUT2D eigenvalue weighted by molar-refractivity contribution is 0.0719. The first-order valence-electron chi connectivity index (χ1n) is 7.49. The standard InChI is InChI=1S/C15H22FN3O2/c1-2-17-14-13(16)12(7-8-18-14)15(21)19-9-3-5-11(19)6-4-10-20/h7-8,11,20H,2-6,9-10H2,1H3,(H,17,18). The average Bonchev–Trinajstić information content (AvgIpc) is 2.95. The Labute approximate surface area is 124 Å². The van der Waals surface area contributed by atoms with Crippen LogP contribution in [0, 0.1) is 5.82 Å². The maximum absolute atomic E-state index is 14.3. The van der Waals surface area contributed by atoms with Gasteiger partial charge in [0.1, 0.15) is 0 Å². The van der Waals surface area contributed by atoms with E-state index in [0.717, 1.165) is 19.3 Å². The van der Waals surface area contributed by atoms with Gasteiger partial charge in [-0.15, -0.1) is 0 Å². The van der Waals surface area contributed by atoms with E-state index in [2.05, 4.69) is 10.3 Å². The van der Waals surface area contributed by atoms with Crippen molar-refractivity contribution in [3.05, 3.63) is 23.6 Å². The Balaban J connectivity index is 2.17. The van der Waals surface area contributed by atoms with Crippen LogP contribution in [-0.2, 0) is 0 Å². The van der Waals surface area contributed by atoms with Crippen molar-refractivity contribution >= 4 is 11.7 Å². The molecular formula is C15H22FN3O2. The Morgan fingerprint density at radius 1 is 1.62 bits per heavy atom. The van der Waals surface area contributed by atoms with Gasteiger partial charge < -0.3 is 15.3 Å². The molecule has 2 rings (SSSR count). The summed E-state index contributed by atoms with van der Waals surface area (Å²) in [6.45, 7) is 3.16. The fourth-order valence-corrected chi connectivity index (χ4v) is 2.78. The van der Waals surface area contributed by atoms with E-state index in [-0.39, 0.29) is 29.9 Å². The Morgan fingerprint density at radius 2 is 2.43 bits per heavy atom. The summed E-state index contributed by atoms with van der Waals surface area (Å²) in [5.41, 5.74) is 0.0665. The Hall–Kier alpha value is -1.69. The SMILES string of the molecule is CCNc1nccc(C(=O)N2CCCC2CCCO)c1F. The van der Waals surface area contributed by atoms with Crippen LogP contribution in [0.15, 0.2) is 12.3 Å². The van der Waals surface area contributed by atoms with Crippen LogP contribution in [0.3, 0.4) is 0 Å². The quantitative estimate of drug-likeness (QED) is 0.843. The molecule has 0 radical (unpaired) electrons. The van der Waals surface area contributed by atoms with Crippen molar-refractivity contribution in [2.75, 3.05) is 25.0 Å². The molecule has 5 nitrogen and oxygen atoms in total. The Morgan fingerprint density at radius 3 is 3.14 bits per heavy atom. The van der Waals surface area contributed by atoms with Crippen LogP contribution in [0.25, 0.3) is 0 Å². The van der Waals surface area contributed by atoms with Crippen LogP contribution >= 0.6 is 0 Å². The number of hydrogen-bond donors (Lipinski definition) is 2. The number of nitrogens with one attached hydrogen (secondary N) is 1. The van der Waals surface area contributed by atoms with E-state index in [1.165, 1.54) is 12.3 Å². The molecule has 0 aliphatic carbocycles. The first-order chi connectivity index (χ1) is 10.2. The summed E-state index contributed by atoms with van der Waals surface area (Å²) in [5.74, 6) is -0.749. The summed E-state index contributed by atoms with van der Waals surface area (Å²) in [6.07, 6.45) is 4.71. The lowest BCUT2D eigenvalue weighted by Crippen LogP contribution is -2.36. The Kier molecular flexibility index (Phi) is 5.50. The summed E-state index contributed by atoms with van der Waals surface area (Å²) in [4.78, 5) is 18.2. The lowest BCUT2D eigenvalue weighted by atomic mass is 10.1. The van der Waals surface area contributed by atoms with Gasteiger partial charge in [-0.2, -0.15) is 0 Å². The molecule has 1 aromatic heterocycles. The molecule has 2 N–H and O–H groups in total. The molecule has 1 aromatic rings. The molecule has 6 heteroatoms. The highest BCUT2D eigenvalue weighted by molar-refractivity contribution is 5.95. The maximum atomic E-state index is 14.3. The summed E-state index contributed by atoms with van der Waals surface area (Å²) in [6, 6.07) is 1.53. The zero-order valence-corrected chi connectivity index (χ0v) is 12.3. The molecule has 2 heterocycles. The second-order valence-corrected chi connectivity index (χ2v) is 5.21. The summed E-state index contributed by atoms with van der Waals surface area (Å²) < 4.78 is 14.3. The van der Waals surface area contributed by atoms with E-state index in [4.69, 9.17) is 5.11 Å². The monoisotopic (exact) mass is 295 g/mol. The van der Waals surface area contributed by atoms with Gasteiger partial charge in [0, 0.05) is 31.9 Å². The van der Waals surface area contributed by atoms with E-state index < -0.39 is 5.82 Å². The number of rotatable bonds is 6. The van der Waals surface area contributed by atoms with Crippen molar-refractivity contribution in [2.45, 2.75) is 38.6 Å². The molecular weight excluding hydrogens is 273 g/mol. The fourth-order valence-electron chi connectivity index (χ4n) is 2.78. The predicted molar refractivity (Wildman–Crippen MR) is 78.7 cm³/mol. The van der Waals surface area contributed by atoms with Crippen molar-refractivity contribution in [3.63, 3.8) is 0 Å². The molecule has 1 saturated heterocycles. The normalized spacial score (nSPS) is 18.0. The van der Waals surface area contributed by atoms with Crippen molar-refractivity contribution in [3.8, 4) is 0 Å². The molecule has 1 aliphatic heterocycles. The summed E-state index contributed by atoms with van der Waals surface area (Å²) in [7, 11) is 0. The fraction of sp³-hybridized carbons (Fsp3) is 0.600. The predicted octanol–water partition coefficient (Wildman–Crippen LogP) is 2.03. The molecule has 1 amide bonds. The number of carbonyl (C=O) groups is 1. The first kappa shape index (κ1) is 15.7. The number of aliphatic hydroxyl groups excluding tert-OH is 1. The zero-order chi connectivity index (χ0) is 15.2. The molecule has 116 valence electrons. The van der Waals surface area contributed by atoms with E-state index in [0.29, 0.717) is 19.5 Å². The average molecular weight is 295 g/mol. The van der Waals surface area contributed by atoms with Crippen LogP contribution in [0.2, 0.25) is 0 Å². The molecule has 1 atom stereocenters. The number of anilines is 1. The van der Waals surface area contributed by atoms with Crippen LogP contribution < -0.4 is 5.32 Å². The number of aromatic nitrogens is 1. The Bertz CT molecular complexity index is 496. The maximum Gasteiger partial charge on any atom is 0.257 e. The van der Waals surface area contributed by atoms with Crippen molar-refractivity contribution < 1.29 is 14.3 Å². The number of carbonyl (C=O) groups excluding carboxylic acids is 1. The summed E-state index contributed by atoms with van der Waals surface area (Å²) >= 11 is 0. The van der Waals surface area contributed by atoms with Gasteiger partial charge in [0.15, 0.2) is 11.6 Å². The smallest absolute Gasteiger partial charge is 0.257 e. The highest BCUT2D eigenvalue weighted by atomic mass is 19.1. The molecule has 0 aromatic carbocycles. The van der Waals surface area contributed by atoms with Crippen LogP contribution in [0.4, 0.5) is 10.2 Å². The van der Waals surface area contributed by atoms with Gasteiger partial charge in [-0.3, -0.25) is 4.79 Å². The number of hydrogen-bond acceptors (Lipinski definition) is 4. The van der Waals surface area contributed by atoms with E-state index >= 15 is 0 Å². The number of likely N-dealkylation sites (tertiary alicyclic amines) is 1. The second-order valence-electron chi connectivity index (χ2n) is 5.21. The second kappa shape index (κ2) is 7.36. The minimum absolute atomic E-state index is 0.0665. The number of aliphatic hydroxyl groups is 1. The number of nitrogens with zero attached hydrogens (tertiary/aromatic N) is 2. The third-order valence-corrected chi connectivity index (χ3v) is 3.80. The molecule has 0 spiro atoms.